The van der Waals surface area contributed by atoms with Gasteiger partial charge in [-0.25, -0.2) is 0 Å². The predicted molar refractivity (Wildman–Crippen MR) is 72.3 cm³/mol. The minimum Gasteiger partial charge on any atom is -0.308 e. The molecule has 1 rings (SSSR count). The molecule has 1 aliphatic heterocycles. The maximum Gasteiger partial charge on any atom is 0.390 e. The van der Waals surface area contributed by atoms with Crippen LogP contribution in [0.5, 0.6) is 0 Å². The van der Waals surface area contributed by atoms with E-state index in [9.17, 15) is 13.2 Å². The van der Waals surface area contributed by atoms with E-state index in [1.54, 1.807) is 0 Å². The number of hydrogen-bond donors (Lipinski definition) is 1. The van der Waals surface area contributed by atoms with E-state index in [-0.39, 0.29) is 17.6 Å². The van der Waals surface area contributed by atoms with Crippen LogP contribution in [0.4, 0.5) is 13.2 Å². The van der Waals surface area contributed by atoms with Crippen molar-refractivity contribution in [1.29, 1.82) is 0 Å². The lowest BCUT2D eigenvalue weighted by Crippen LogP contribution is -2.68. The third kappa shape index (κ3) is 4.09. The first-order valence-corrected chi connectivity index (χ1v) is 7.27. The summed E-state index contributed by atoms with van der Waals surface area (Å²) in [4.78, 5) is 2.07. The second-order valence-electron chi connectivity index (χ2n) is 5.99. The molecular weight excluding hydrogens is 253 g/mol. The summed E-state index contributed by atoms with van der Waals surface area (Å²) < 4.78 is 37.5. The predicted octanol–water partition coefficient (Wildman–Crippen LogP) is 3.57. The summed E-state index contributed by atoms with van der Waals surface area (Å²) in [7, 11) is 0. The van der Waals surface area contributed by atoms with Crippen molar-refractivity contribution in [2.75, 3.05) is 19.6 Å². The van der Waals surface area contributed by atoms with Gasteiger partial charge < -0.3 is 5.32 Å². The molecule has 0 amide bonds. The molecule has 1 N–H and O–H groups in total. The minimum atomic E-state index is -4.07. The number of nitrogens with zero attached hydrogens (tertiary/aromatic N) is 1. The maximum absolute atomic E-state index is 12.5. The Kier molecular flexibility index (Phi) is 5.29. The van der Waals surface area contributed by atoms with E-state index < -0.39 is 12.6 Å². The summed E-state index contributed by atoms with van der Waals surface area (Å²) in [5.74, 6) is 0. The monoisotopic (exact) mass is 280 g/mol. The Morgan fingerprint density at radius 2 is 1.68 bits per heavy atom. The lowest BCUT2D eigenvalue weighted by atomic mass is 9.82. The average molecular weight is 280 g/mol. The fourth-order valence-electron chi connectivity index (χ4n) is 2.90. The molecule has 0 saturated carbocycles. The van der Waals surface area contributed by atoms with Crippen molar-refractivity contribution in [1.82, 2.24) is 10.2 Å². The van der Waals surface area contributed by atoms with E-state index in [0.29, 0.717) is 6.54 Å². The van der Waals surface area contributed by atoms with Crippen LogP contribution in [0, 0.1) is 0 Å². The lowest BCUT2D eigenvalue weighted by Gasteiger charge is -2.53. The molecule has 19 heavy (non-hydrogen) atoms. The third-order valence-corrected chi connectivity index (χ3v) is 4.82. The van der Waals surface area contributed by atoms with E-state index in [0.717, 1.165) is 25.8 Å². The summed E-state index contributed by atoms with van der Waals surface area (Å²) in [6.07, 6.45) is -2.09. The molecule has 0 aromatic heterocycles. The Balaban J connectivity index is 2.82. The molecule has 0 aromatic carbocycles. The van der Waals surface area contributed by atoms with Crippen LogP contribution in [-0.2, 0) is 0 Å². The van der Waals surface area contributed by atoms with Gasteiger partial charge in [-0.1, -0.05) is 20.8 Å². The Bertz CT molecular complexity index is 287. The molecule has 1 fully saturated rings. The van der Waals surface area contributed by atoms with Gasteiger partial charge in [0.15, 0.2) is 0 Å². The van der Waals surface area contributed by atoms with E-state index in [1.807, 2.05) is 0 Å². The highest BCUT2D eigenvalue weighted by Crippen LogP contribution is 2.32. The van der Waals surface area contributed by atoms with Gasteiger partial charge in [-0.2, -0.15) is 13.2 Å². The first-order chi connectivity index (χ1) is 8.70. The quantitative estimate of drug-likeness (QED) is 0.828. The van der Waals surface area contributed by atoms with E-state index in [2.05, 4.69) is 37.9 Å². The highest BCUT2D eigenvalue weighted by atomic mass is 19.4. The molecular formula is C14H27F3N2. The smallest absolute Gasteiger partial charge is 0.308 e. The minimum absolute atomic E-state index is 0.0700. The maximum atomic E-state index is 12.5. The Morgan fingerprint density at radius 1 is 1.11 bits per heavy atom. The molecule has 114 valence electrons. The number of hydrogen-bond acceptors (Lipinski definition) is 2. The molecule has 0 bridgehead atoms. The van der Waals surface area contributed by atoms with Crippen molar-refractivity contribution < 1.29 is 13.2 Å². The lowest BCUT2D eigenvalue weighted by molar-refractivity contribution is -0.144. The number of alkyl halides is 3. The van der Waals surface area contributed by atoms with Gasteiger partial charge in [0.2, 0.25) is 0 Å². The van der Waals surface area contributed by atoms with Crippen LogP contribution in [0.3, 0.4) is 0 Å². The zero-order chi connectivity index (χ0) is 14.7. The molecule has 0 spiro atoms. The molecule has 1 atom stereocenters. The second kappa shape index (κ2) is 6.00. The molecule has 2 nitrogen and oxygen atoms in total. The van der Waals surface area contributed by atoms with Crippen LogP contribution in [0.2, 0.25) is 0 Å². The number of piperazine rings is 1. The van der Waals surface area contributed by atoms with Gasteiger partial charge in [0.25, 0.3) is 0 Å². The van der Waals surface area contributed by atoms with Crippen LogP contribution >= 0.6 is 0 Å². The summed E-state index contributed by atoms with van der Waals surface area (Å²) in [5.41, 5.74) is -0.195. The van der Waals surface area contributed by atoms with Crippen LogP contribution in [0.15, 0.2) is 0 Å². The molecule has 1 unspecified atom stereocenters. The number of rotatable bonds is 5. The zero-order valence-electron chi connectivity index (χ0n) is 12.5. The van der Waals surface area contributed by atoms with Gasteiger partial charge >= 0.3 is 6.18 Å². The third-order valence-electron chi connectivity index (χ3n) is 4.82. The average Bonchev–Trinajstić information content (AvgIpc) is 2.36. The van der Waals surface area contributed by atoms with Gasteiger partial charge in [0.05, 0.1) is 6.42 Å². The van der Waals surface area contributed by atoms with Crippen LogP contribution in [0.25, 0.3) is 0 Å². The summed E-state index contributed by atoms with van der Waals surface area (Å²) >= 11 is 0. The van der Waals surface area contributed by atoms with E-state index in [1.165, 1.54) is 0 Å². The first kappa shape index (κ1) is 16.8. The fraction of sp³-hybridized carbons (Fsp3) is 1.00. The first-order valence-electron chi connectivity index (χ1n) is 7.27. The van der Waals surface area contributed by atoms with Gasteiger partial charge in [-0.05, 0) is 26.2 Å². The normalized spacial score (nSPS) is 28.6. The molecule has 1 heterocycles. The van der Waals surface area contributed by atoms with E-state index in [4.69, 9.17) is 0 Å². The Morgan fingerprint density at radius 3 is 2.11 bits per heavy atom. The Hall–Kier alpha value is -0.290. The highest BCUT2D eigenvalue weighted by molar-refractivity contribution is 5.02. The molecule has 0 radical (unpaired) electrons. The second-order valence-corrected chi connectivity index (χ2v) is 5.99. The van der Waals surface area contributed by atoms with E-state index >= 15 is 0 Å². The van der Waals surface area contributed by atoms with Crippen molar-refractivity contribution in [2.24, 2.45) is 0 Å². The van der Waals surface area contributed by atoms with Crippen molar-refractivity contribution >= 4 is 0 Å². The highest BCUT2D eigenvalue weighted by Gasteiger charge is 2.43. The summed E-state index contributed by atoms with van der Waals surface area (Å²) in [6, 6.07) is 0. The SMILES string of the molecule is CCC1(C)CN(CCC(F)(F)F)C(CC)(CC)CN1. The zero-order valence-corrected chi connectivity index (χ0v) is 12.5. The van der Waals surface area contributed by atoms with Crippen molar-refractivity contribution in [3.05, 3.63) is 0 Å². The molecule has 1 saturated heterocycles. The molecule has 1 aliphatic rings. The fourth-order valence-corrected chi connectivity index (χ4v) is 2.90. The van der Waals surface area contributed by atoms with Gasteiger partial charge in [-0.3, -0.25) is 4.90 Å². The number of nitrogens with one attached hydrogen (secondary N) is 1. The van der Waals surface area contributed by atoms with Crippen LogP contribution < -0.4 is 5.32 Å². The van der Waals surface area contributed by atoms with Crippen LogP contribution in [-0.4, -0.2) is 41.8 Å². The summed E-state index contributed by atoms with van der Waals surface area (Å²) in [5, 5.41) is 3.54. The number of halogens is 3. The van der Waals surface area contributed by atoms with Crippen molar-refractivity contribution in [3.63, 3.8) is 0 Å². The van der Waals surface area contributed by atoms with Gasteiger partial charge in [-0.15, -0.1) is 0 Å². The van der Waals surface area contributed by atoms with Gasteiger partial charge in [0.1, 0.15) is 0 Å². The van der Waals surface area contributed by atoms with Crippen molar-refractivity contribution in [3.8, 4) is 0 Å². The van der Waals surface area contributed by atoms with Crippen LogP contribution in [0.1, 0.15) is 53.4 Å². The Labute approximate surface area is 114 Å². The van der Waals surface area contributed by atoms with Gasteiger partial charge in [0, 0.05) is 30.7 Å². The standard InChI is InChI=1S/C14H27F3N2/c1-5-12(4)11-19(9-8-14(15,16)17)13(6-2,7-3)10-18-12/h18H,5-11H2,1-4H3. The molecule has 0 aliphatic carbocycles. The topological polar surface area (TPSA) is 15.3 Å². The summed E-state index contributed by atoms with van der Waals surface area (Å²) in [6.45, 7) is 9.91. The molecule has 5 heteroatoms. The largest absolute Gasteiger partial charge is 0.390 e. The molecule has 0 aromatic rings. The van der Waals surface area contributed by atoms with Crippen molar-refractivity contribution in [2.45, 2.75) is 70.6 Å².